The average molecular weight is 268 g/mol. The van der Waals surface area contributed by atoms with Crippen LogP contribution in [0.3, 0.4) is 0 Å². The maximum Gasteiger partial charge on any atom is 0.0721 e. The molecule has 0 bridgehead atoms. The number of allylic oxidation sites excluding steroid dienone is 1. The van der Waals surface area contributed by atoms with Crippen LogP contribution in [0.4, 0.5) is 0 Å². The van der Waals surface area contributed by atoms with Gasteiger partial charge in [0.1, 0.15) is 0 Å². The molecular formula is C15H32N4. The molecule has 0 aromatic heterocycles. The highest BCUT2D eigenvalue weighted by molar-refractivity contribution is 5.77. The van der Waals surface area contributed by atoms with E-state index in [1.165, 1.54) is 19.3 Å². The fourth-order valence-corrected chi connectivity index (χ4v) is 1.85. The Labute approximate surface area is 119 Å². The van der Waals surface area contributed by atoms with Crippen LogP contribution < -0.4 is 0 Å². The van der Waals surface area contributed by atoms with Crippen LogP contribution in [0.5, 0.6) is 0 Å². The molecule has 4 nitrogen and oxygen atoms in total. The Morgan fingerprint density at radius 2 is 1.79 bits per heavy atom. The Morgan fingerprint density at radius 1 is 1.16 bits per heavy atom. The van der Waals surface area contributed by atoms with Crippen molar-refractivity contribution in [3.63, 3.8) is 0 Å². The third-order valence-corrected chi connectivity index (χ3v) is 3.39. The van der Waals surface area contributed by atoms with Crippen molar-refractivity contribution in [3.05, 3.63) is 11.9 Å². The first-order valence-corrected chi connectivity index (χ1v) is 7.17. The van der Waals surface area contributed by atoms with E-state index >= 15 is 0 Å². The van der Waals surface area contributed by atoms with E-state index in [1.807, 2.05) is 39.4 Å². The lowest BCUT2D eigenvalue weighted by Crippen LogP contribution is -2.31. The third kappa shape index (κ3) is 7.88. The molecule has 4 heteroatoms. The molecule has 0 spiro atoms. The van der Waals surface area contributed by atoms with E-state index in [0.29, 0.717) is 0 Å². The zero-order valence-electron chi connectivity index (χ0n) is 13.8. The van der Waals surface area contributed by atoms with E-state index in [0.717, 1.165) is 18.2 Å². The number of hydrogen-bond donors (Lipinski definition) is 0. The van der Waals surface area contributed by atoms with E-state index in [1.54, 1.807) is 0 Å². The van der Waals surface area contributed by atoms with Crippen LogP contribution in [0.2, 0.25) is 0 Å². The van der Waals surface area contributed by atoms with Gasteiger partial charge in [-0.05, 0) is 12.3 Å². The van der Waals surface area contributed by atoms with Crippen LogP contribution in [0.15, 0.2) is 16.9 Å². The molecule has 1 atom stereocenters. The summed E-state index contributed by atoms with van der Waals surface area (Å²) in [5.41, 5.74) is 1.14. The zero-order chi connectivity index (χ0) is 14.8. The molecule has 0 aromatic rings. The van der Waals surface area contributed by atoms with Crippen LogP contribution in [-0.2, 0) is 0 Å². The van der Waals surface area contributed by atoms with Gasteiger partial charge in [-0.25, -0.2) is 5.01 Å². The number of hydrogen-bond acceptors (Lipinski definition) is 4. The van der Waals surface area contributed by atoms with Gasteiger partial charge >= 0.3 is 0 Å². The molecule has 0 fully saturated rings. The first kappa shape index (κ1) is 18.0. The van der Waals surface area contributed by atoms with E-state index in [4.69, 9.17) is 0 Å². The van der Waals surface area contributed by atoms with Crippen molar-refractivity contribution in [1.82, 2.24) is 14.9 Å². The maximum atomic E-state index is 4.15. The lowest BCUT2D eigenvalue weighted by Gasteiger charge is -2.27. The molecule has 0 aliphatic heterocycles. The Bertz CT molecular complexity index is 284. The minimum atomic E-state index is 0.791. The summed E-state index contributed by atoms with van der Waals surface area (Å²) in [5, 5.41) is 4.10. The first-order chi connectivity index (χ1) is 8.92. The number of nitrogens with zero attached hydrogens (tertiary/aromatic N) is 4. The van der Waals surface area contributed by atoms with Gasteiger partial charge in [-0.1, -0.05) is 26.7 Å². The molecule has 0 aromatic carbocycles. The van der Waals surface area contributed by atoms with Crippen molar-refractivity contribution in [2.75, 3.05) is 41.8 Å². The Balaban J connectivity index is 4.53. The first-order valence-electron chi connectivity index (χ1n) is 7.17. The van der Waals surface area contributed by atoms with Crippen LogP contribution in [-0.4, -0.2) is 62.9 Å². The fraction of sp³-hybridized carbons (Fsp3) is 0.800. The Hall–Kier alpha value is -1.03. The molecule has 0 heterocycles. The second-order valence-electron chi connectivity index (χ2n) is 5.47. The minimum absolute atomic E-state index is 0.791. The van der Waals surface area contributed by atoms with Gasteiger partial charge in [-0.15, -0.1) is 0 Å². The SMILES string of the molecule is CCCC(C)CCN(C)/C(C=NC)=C/N(C)N(C)C. The van der Waals surface area contributed by atoms with Crippen LogP contribution in [0.25, 0.3) is 0 Å². The fourth-order valence-electron chi connectivity index (χ4n) is 1.85. The van der Waals surface area contributed by atoms with Gasteiger partial charge in [0.2, 0.25) is 0 Å². The lowest BCUT2D eigenvalue weighted by atomic mass is 10.0. The van der Waals surface area contributed by atoms with E-state index < -0.39 is 0 Å². The summed E-state index contributed by atoms with van der Waals surface area (Å²) in [6.45, 7) is 5.65. The Kier molecular flexibility index (Phi) is 9.31. The van der Waals surface area contributed by atoms with Crippen LogP contribution >= 0.6 is 0 Å². The maximum absolute atomic E-state index is 4.15. The summed E-state index contributed by atoms with van der Waals surface area (Å²) in [5.74, 6) is 0.791. The molecule has 0 rings (SSSR count). The van der Waals surface area contributed by atoms with Gasteiger partial charge in [-0.3, -0.25) is 4.99 Å². The topological polar surface area (TPSA) is 22.1 Å². The highest BCUT2D eigenvalue weighted by atomic mass is 15.6. The lowest BCUT2D eigenvalue weighted by molar-refractivity contribution is 0.113. The van der Waals surface area contributed by atoms with Crippen molar-refractivity contribution in [1.29, 1.82) is 0 Å². The van der Waals surface area contributed by atoms with Crippen molar-refractivity contribution in [2.45, 2.75) is 33.1 Å². The van der Waals surface area contributed by atoms with Crippen molar-refractivity contribution in [3.8, 4) is 0 Å². The van der Waals surface area contributed by atoms with Crippen molar-refractivity contribution < 1.29 is 0 Å². The van der Waals surface area contributed by atoms with Gasteiger partial charge in [0.25, 0.3) is 0 Å². The van der Waals surface area contributed by atoms with Gasteiger partial charge in [0, 0.05) is 54.2 Å². The van der Waals surface area contributed by atoms with Gasteiger partial charge < -0.3 is 9.91 Å². The molecule has 112 valence electrons. The molecule has 0 N–H and O–H groups in total. The predicted octanol–water partition coefficient (Wildman–Crippen LogP) is 2.69. The standard InChI is InChI=1S/C15H32N4/c1-8-9-14(2)10-11-18(6)15(12-16-3)13-19(7)17(4)5/h12-14H,8-11H2,1-7H3/b15-13+,16-12?. The van der Waals surface area contributed by atoms with Crippen molar-refractivity contribution in [2.24, 2.45) is 10.9 Å². The Morgan fingerprint density at radius 3 is 2.26 bits per heavy atom. The van der Waals surface area contributed by atoms with E-state index in [2.05, 4.69) is 42.0 Å². The van der Waals surface area contributed by atoms with Gasteiger partial charge in [0.05, 0.1) is 5.70 Å². The van der Waals surface area contributed by atoms with Gasteiger partial charge in [-0.2, -0.15) is 0 Å². The summed E-state index contributed by atoms with van der Waals surface area (Å²) in [6.07, 6.45) is 7.84. The highest BCUT2D eigenvalue weighted by Gasteiger charge is 2.07. The summed E-state index contributed by atoms with van der Waals surface area (Å²) >= 11 is 0. The third-order valence-electron chi connectivity index (χ3n) is 3.39. The molecule has 0 aliphatic rings. The largest absolute Gasteiger partial charge is 0.372 e. The average Bonchev–Trinajstić information content (AvgIpc) is 2.35. The summed E-state index contributed by atoms with van der Waals surface area (Å²) in [7, 11) is 10.0. The molecule has 0 saturated carbocycles. The summed E-state index contributed by atoms with van der Waals surface area (Å²) in [4.78, 5) is 6.43. The smallest absolute Gasteiger partial charge is 0.0721 e. The second-order valence-corrected chi connectivity index (χ2v) is 5.47. The molecule has 19 heavy (non-hydrogen) atoms. The van der Waals surface area contributed by atoms with Crippen LogP contribution in [0, 0.1) is 5.92 Å². The van der Waals surface area contributed by atoms with E-state index in [9.17, 15) is 0 Å². The molecule has 0 saturated heterocycles. The number of hydrazine groups is 1. The number of aliphatic imine (C=N–C) groups is 1. The molecule has 0 amide bonds. The van der Waals surface area contributed by atoms with Gasteiger partial charge in [0.15, 0.2) is 0 Å². The normalized spacial score (nSPS) is 14.2. The minimum Gasteiger partial charge on any atom is -0.372 e. The molecule has 0 aliphatic carbocycles. The molecule has 0 radical (unpaired) electrons. The van der Waals surface area contributed by atoms with Crippen LogP contribution in [0.1, 0.15) is 33.1 Å². The van der Waals surface area contributed by atoms with Crippen molar-refractivity contribution >= 4 is 6.21 Å². The summed E-state index contributed by atoms with van der Waals surface area (Å²) in [6, 6.07) is 0. The second kappa shape index (κ2) is 9.84. The molecule has 1 unspecified atom stereocenters. The zero-order valence-corrected chi connectivity index (χ0v) is 13.8. The number of rotatable bonds is 9. The predicted molar refractivity (Wildman–Crippen MR) is 85.3 cm³/mol. The van der Waals surface area contributed by atoms with E-state index in [-0.39, 0.29) is 0 Å². The quantitative estimate of drug-likeness (QED) is 0.474. The summed E-state index contributed by atoms with van der Waals surface area (Å²) < 4.78 is 0. The monoisotopic (exact) mass is 268 g/mol. The highest BCUT2D eigenvalue weighted by Crippen LogP contribution is 2.12. The molecular weight excluding hydrogens is 236 g/mol.